The summed E-state index contributed by atoms with van der Waals surface area (Å²) in [6.07, 6.45) is 0.417. The van der Waals surface area contributed by atoms with Gasteiger partial charge >= 0.3 is 0 Å². The average Bonchev–Trinajstić information content (AvgIpc) is 2.77. The van der Waals surface area contributed by atoms with E-state index in [2.05, 4.69) is 12.6 Å². The van der Waals surface area contributed by atoms with Crippen molar-refractivity contribution in [2.24, 2.45) is 0 Å². The summed E-state index contributed by atoms with van der Waals surface area (Å²) < 4.78 is 6.21. The summed E-state index contributed by atoms with van der Waals surface area (Å²) >= 11 is 4.63. The molecule has 0 saturated heterocycles. The minimum atomic E-state index is -1.27. The van der Waals surface area contributed by atoms with E-state index in [1.807, 2.05) is 109 Å². The largest absolute Gasteiger partial charge is 0.456 e. The highest BCUT2D eigenvalue weighted by Crippen LogP contribution is 2.42. The topological polar surface area (TPSA) is 29.5 Å². The standard InChI is InChI=1S/C26H22O2S/c27-26(21-13-6-2-7-14-21,19-20-11-4-1-5-12-20)23-17-10-18-24(29)25(23)28-22-15-8-3-9-16-22/h1-18,27,29H,19H2. The van der Waals surface area contributed by atoms with Crippen molar-refractivity contribution in [3.63, 3.8) is 0 Å². The lowest BCUT2D eigenvalue weighted by Gasteiger charge is -2.31. The maximum atomic E-state index is 12.1. The highest BCUT2D eigenvalue weighted by Gasteiger charge is 2.35. The SMILES string of the molecule is OC(Cc1ccccc1)(c1ccccc1)c1cccc(S)c1Oc1ccccc1. The highest BCUT2D eigenvalue weighted by molar-refractivity contribution is 7.80. The molecule has 1 unspecified atom stereocenters. The van der Waals surface area contributed by atoms with Crippen LogP contribution in [0.2, 0.25) is 0 Å². The molecule has 4 aromatic carbocycles. The van der Waals surface area contributed by atoms with Gasteiger partial charge in [0.15, 0.2) is 0 Å². The van der Waals surface area contributed by atoms with Crippen molar-refractivity contribution in [3.05, 3.63) is 126 Å². The van der Waals surface area contributed by atoms with E-state index in [-0.39, 0.29) is 0 Å². The molecule has 1 atom stereocenters. The van der Waals surface area contributed by atoms with Gasteiger partial charge < -0.3 is 9.84 Å². The first-order valence-corrected chi connectivity index (χ1v) is 9.99. The Hall–Kier alpha value is -3.01. The van der Waals surface area contributed by atoms with Crippen LogP contribution in [-0.2, 0) is 12.0 Å². The Morgan fingerprint density at radius 3 is 1.93 bits per heavy atom. The first-order chi connectivity index (χ1) is 14.2. The molecule has 0 fully saturated rings. The molecule has 0 aliphatic rings. The predicted octanol–water partition coefficient (Wildman–Crippen LogP) is 6.25. The molecule has 0 aliphatic heterocycles. The maximum Gasteiger partial charge on any atom is 0.147 e. The minimum absolute atomic E-state index is 0.417. The van der Waals surface area contributed by atoms with Crippen LogP contribution < -0.4 is 4.74 Å². The third-order valence-electron chi connectivity index (χ3n) is 4.96. The molecular weight excluding hydrogens is 376 g/mol. The molecule has 0 aromatic heterocycles. The van der Waals surface area contributed by atoms with Crippen LogP contribution >= 0.6 is 12.6 Å². The zero-order valence-electron chi connectivity index (χ0n) is 15.9. The lowest BCUT2D eigenvalue weighted by Crippen LogP contribution is -2.30. The third kappa shape index (κ3) is 4.21. The first kappa shape index (κ1) is 19.3. The van der Waals surface area contributed by atoms with Gasteiger partial charge in [-0.05, 0) is 29.3 Å². The van der Waals surface area contributed by atoms with Gasteiger partial charge in [0.05, 0.1) is 0 Å². The molecule has 144 valence electrons. The number of thiol groups is 1. The zero-order chi connectivity index (χ0) is 20.1. The van der Waals surface area contributed by atoms with Crippen molar-refractivity contribution in [1.82, 2.24) is 0 Å². The Labute approximate surface area is 176 Å². The number of hydrogen-bond donors (Lipinski definition) is 2. The van der Waals surface area contributed by atoms with Gasteiger partial charge in [0, 0.05) is 16.9 Å². The lowest BCUT2D eigenvalue weighted by atomic mass is 9.81. The molecule has 0 saturated carbocycles. The monoisotopic (exact) mass is 398 g/mol. The quantitative estimate of drug-likeness (QED) is 0.376. The molecule has 0 spiro atoms. The van der Waals surface area contributed by atoms with Crippen molar-refractivity contribution in [3.8, 4) is 11.5 Å². The predicted molar refractivity (Wildman–Crippen MR) is 120 cm³/mol. The Bertz CT molecular complexity index is 1070. The molecule has 0 aliphatic carbocycles. The van der Waals surface area contributed by atoms with E-state index in [0.29, 0.717) is 28.4 Å². The van der Waals surface area contributed by atoms with Gasteiger partial charge in [0.1, 0.15) is 17.1 Å². The summed E-state index contributed by atoms with van der Waals surface area (Å²) in [6.45, 7) is 0. The van der Waals surface area contributed by atoms with Gasteiger partial charge in [-0.15, -0.1) is 12.6 Å². The summed E-state index contributed by atoms with van der Waals surface area (Å²) in [5.41, 5.74) is 1.25. The molecule has 2 nitrogen and oxygen atoms in total. The Balaban J connectivity index is 1.86. The number of para-hydroxylation sites is 2. The van der Waals surface area contributed by atoms with Crippen LogP contribution in [0, 0.1) is 0 Å². The summed E-state index contributed by atoms with van der Waals surface area (Å²) in [6, 6.07) is 34.9. The second-order valence-electron chi connectivity index (χ2n) is 6.96. The molecule has 4 aromatic rings. The smallest absolute Gasteiger partial charge is 0.147 e. The molecule has 0 radical (unpaired) electrons. The molecule has 0 bridgehead atoms. The van der Waals surface area contributed by atoms with E-state index >= 15 is 0 Å². The van der Waals surface area contributed by atoms with Crippen LogP contribution in [-0.4, -0.2) is 5.11 Å². The van der Waals surface area contributed by atoms with E-state index < -0.39 is 5.60 Å². The van der Waals surface area contributed by atoms with Crippen LogP contribution in [0.5, 0.6) is 11.5 Å². The summed E-state index contributed by atoms with van der Waals surface area (Å²) in [7, 11) is 0. The molecule has 4 rings (SSSR count). The normalized spacial score (nSPS) is 12.9. The van der Waals surface area contributed by atoms with Crippen LogP contribution in [0.3, 0.4) is 0 Å². The third-order valence-corrected chi connectivity index (χ3v) is 5.31. The van der Waals surface area contributed by atoms with E-state index in [4.69, 9.17) is 4.74 Å². The second-order valence-corrected chi connectivity index (χ2v) is 7.44. The van der Waals surface area contributed by atoms with Crippen LogP contribution in [0.1, 0.15) is 16.7 Å². The number of aliphatic hydroxyl groups is 1. The van der Waals surface area contributed by atoms with E-state index in [9.17, 15) is 5.11 Å². The van der Waals surface area contributed by atoms with Crippen LogP contribution in [0.15, 0.2) is 114 Å². The lowest BCUT2D eigenvalue weighted by molar-refractivity contribution is 0.0784. The Morgan fingerprint density at radius 1 is 0.690 bits per heavy atom. The molecule has 0 amide bonds. The van der Waals surface area contributed by atoms with Crippen molar-refractivity contribution < 1.29 is 9.84 Å². The number of rotatable bonds is 6. The van der Waals surface area contributed by atoms with Gasteiger partial charge in [-0.2, -0.15) is 0 Å². The number of benzene rings is 4. The van der Waals surface area contributed by atoms with Crippen molar-refractivity contribution >= 4 is 12.6 Å². The highest BCUT2D eigenvalue weighted by atomic mass is 32.1. The van der Waals surface area contributed by atoms with Crippen molar-refractivity contribution in [2.45, 2.75) is 16.9 Å². The summed E-state index contributed by atoms with van der Waals surface area (Å²) in [5, 5.41) is 12.1. The Kier molecular flexibility index (Phi) is 5.70. The fourth-order valence-corrected chi connectivity index (χ4v) is 3.77. The van der Waals surface area contributed by atoms with Gasteiger partial charge in [-0.1, -0.05) is 91.0 Å². The van der Waals surface area contributed by atoms with E-state index in [1.54, 1.807) is 0 Å². The number of ether oxygens (including phenoxy) is 1. The van der Waals surface area contributed by atoms with Crippen molar-refractivity contribution in [1.29, 1.82) is 0 Å². The Morgan fingerprint density at radius 2 is 1.28 bits per heavy atom. The maximum absolute atomic E-state index is 12.1. The van der Waals surface area contributed by atoms with Crippen LogP contribution in [0.25, 0.3) is 0 Å². The second kappa shape index (κ2) is 8.56. The number of hydrogen-bond acceptors (Lipinski definition) is 3. The molecule has 0 heterocycles. The van der Waals surface area contributed by atoms with Gasteiger partial charge in [-0.3, -0.25) is 0 Å². The fourth-order valence-electron chi connectivity index (χ4n) is 3.52. The van der Waals surface area contributed by atoms with Crippen molar-refractivity contribution in [2.75, 3.05) is 0 Å². The fraction of sp³-hybridized carbons (Fsp3) is 0.0769. The zero-order valence-corrected chi connectivity index (χ0v) is 16.8. The summed E-state index contributed by atoms with van der Waals surface area (Å²) in [5.74, 6) is 1.26. The average molecular weight is 399 g/mol. The molecule has 29 heavy (non-hydrogen) atoms. The molecule has 3 heteroatoms. The summed E-state index contributed by atoms with van der Waals surface area (Å²) in [4.78, 5) is 0.675. The molecule has 1 N–H and O–H groups in total. The van der Waals surface area contributed by atoms with Gasteiger partial charge in [0.2, 0.25) is 0 Å². The first-order valence-electron chi connectivity index (χ1n) is 9.54. The molecular formula is C26H22O2S. The minimum Gasteiger partial charge on any atom is -0.456 e. The van der Waals surface area contributed by atoms with E-state index in [1.165, 1.54) is 0 Å². The van der Waals surface area contributed by atoms with E-state index in [0.717, 1.165) is 11.1 Å². The van der Waals surface area contributed by atoms with Crippen LogP contribution in [0.4, 0.5) is 0 Å². The van der Waals surface area contributed by atoms with Gasteiger partial charge in [-0.25, -0.2) is 0 Å². The van der Waals surface area contributed by atoms with Gasteiger partial charge in [0.25, 0.3) is 0 Å².